The highest BCUT2D eigenvalue weighted by Crippen LogP contribution is 2.44. The molecule has 9 nitrogen and oxygen atoms in total. The summed E-state index contributed by atoms with van der Waals surface area (Å²) in [6, 6.07) is 10.6. The minimum absolute atomic E-state index is 0.141. The van der Waals surface area contributed by atoms with E-state index in [1.54, 1.807) is 61.4 Å². The van der Waals surface area contributed by atoms with Crippen LogP contribution >= 0.6 is 27.7 Å². The molecule has 35 heavy (non-hydrogen) atoms. The third-order valence-electron chi connectivity index (χ3n) is 5.57. The zero-order chi connectivity index (χ0) is 25.3. The van der Waals surface area contributed by atoms with Gasteiger partial charge in [0.25, 0.3) is 6.17 Å². The highest BCUT2D eigenvalue weighted by molar-refractivity contribution is 9.10. The lowest BCUT2D eigenvalue weighted by Crippen LogP contribution is -2.61. The number of esters is 1. The number of ether oxygens (including phenoxy) is 2. The molecule has 11 heteroatoms. The van der Waals surface area contributed by atoms with Crippen LogP contribution in [-0.2, 0) is 9.59 Å². The number of rotatable bonds is 6. The second-order valence-electron chi connectivity index (χ2n) is 7.62. The number of aromatic nitrogens is 3. The lowest BCUT2D eigenvalue weighted by Gasteiger charge is -2.32. The van der Waals surface area contributed by atoms with Crippen LogP contribution in [0.4, 0.5) is 5.69 Å². The number of nitrogens with one attached hydrogen (secondary N) is 1. The summed E-state index contributed by atoms with van der Waals surface area (Å²) in [6.45, 7) is 3.45. The summed E-state index contributed by atoms with van der Waals surface area (Å²) in [7, 11) is 1.47. The van der Waals surface area contributed by atoms with E-state index in [1.165, 1.54) is 23.6 Å². The normalized spacial score (nSPS) is 14.2. The minimum atomic E-state index is -0.924. The van der Waals surface area contributed by atoms with E-state index in [9.17, 15) is 14.4 Å². The number of anilines is 1. The lowest BCUT2D eigenvalue weighted by molar-refractivity contribution is -0.763. The summed E-state index contributed by atoms with van der Waals surface area (Å²) >= 11 is 4.77. The first-order valence-corrected chi connectivity index (χ1v) is 13.0. The molecule has 0 aliphatic carbocycles. The molecule has 0 saturated carbocycles. The molecule has 0 radical (unpaired) electrons. The number of thioether (sulfide) groups is 1. The monoisotopic (exact) mass is 559 g/mol. The van der Waals surface area contributed by atoms with Gasteiger partial charge in [-0.25, -0.2) is 4.90 Å². The Labute approximate surface area is 214 Å². The van der Waals surface area contributed by atoms with Crippen molar-refractivity contribution in [1.82, 2.24) is 10.1 Å². The van der Waals surface area contributed by atoms with Crippen molar-refractivity contribution in [3.63, 3.8) is 0 Å². The largest absolute Gasteiger partial charge is 0.493 e. The fraction of sp³-hybridized carbons (Fsp3) is 0.292. The molecule has 1 atom stereocenters. The van der Waals surface area contributed by atoms with Gasteiger partial charge in [-0.1, -0.05) is 53.7 Å². The molecule has 1 aromatic heterocycles. The number of nitrogens with zero attached hydrogens (tertiary/aromatic N) is 3. The number of fused-ring (bicyclic) bond motifs is 3. The molecule has 0 bridgehead atoms. The zero-order valence-electron chi connectivity index (χ0n) is 19.6. The van der Waals surface area contributed by atoms with Crippen molar-refractivity contribution in [1.29, 1.82) is 0 Å². The van der Waals surface area contributed by atoms with E-state index >= 15 is 0 Å². The number of H-pyrrole nitrogens is 1. The van der Waals surface area contributed by atoms with Crippen LogP contribution < -0.4 is 24.6 Å². The van der Waals surface area contributed by atoms with Gasteiger partial charge < -0.3 is 9.47 Å². The average Bonchev–Trinajstić information content (AvgIpc) is 2.87. The van der Waals surface area contributed by atoms with Gasteiger partial charge in [-0.2, -0.15) is 0 Å². The summed E-state index contributed by atoms with van der Waals surface area (Å²) in [4.78, 5) is 43.5. The minimum Gasteiger partial charge on any atom is -0.493 e. The number of aromatic amines is 1. The molecule has 1 aliphatic heterocycles. The quantitative estimate of drug-likeness (QED) is 0.212. The van der Waals surface area contributed by atoms with Crippen LogP contribution in [0.5, 0.6) is 11.5 Å². The topological polar surface area (TPSA) is 105 Å². The maximum Gasteiger partial charge on any atom is 0.325 e. The molecule has 0 saturated heterocycles. The van der Waals surface area contributed by atoms with Crippen LogP contribution in [0.2, 0.25) is 0 Å². The number of para-hydroxylation sites is 1. The van der Waals surface area contributed by atoms with Gasteiger partial charge >= 0.3 is 17.2 Å². The number of amides is 1. The number of methoxy groups -OCH3 is 1. The predicted octanol–water partition coefficient (Wildman–Crippen LogP) is 3.84. The lowest BCUT2D eigenvalue weighted by atomic mass is 10.00. The summed E-state index contributed by atoms with van der Waals surface area (Å²) < 4.78 is 13.4. The zero-order valence-corrected chi connectivity index (χ0v) is 22.0. The highest BCUT2D eigenvalue weighted by Gasteiger charge is 2.47. The molecule has 0 spiro atoms. The third-order valence-corrected chi connectivity index (χ3v) is 6.60. The first-order valence-electron chi connectivity index (χ1n) is 10.9. The number of hydrogen-bond acceptors (Lipinski definition) is 7. The van der Waals surface area contributed by atoms with Crippen LogP contribution in [0, 0.1) is 0 Å². The van der Waals surface area contributed by atoms with E-state index in [0.29, 0.717) is 32.2 Å². The summed E-state index contributed by atoms with van der Waals surface area (Å²) in [5, 5.41) is 5.05. The molecule has 1 aliphatic rings. The molecule has 2 heterocycles. The van der Waals surface area contributed by atoms with E-state index in [4.69, 9.17) is 9.47 Å². The van der Waals surface area contributed by atoms with Crippen molar-refractivity contribution in [2.45, 2.75) is 38.0 Å². The molecule has 1 N–H and O–H groups in total. The van der Waals surface area contributed by atoms with Crippen molar-refractivity contribution in [3.05, 3.63) is 56.8 Å². The molecule has 3 aromatic rings. The molecule has 4 rings (SSSR count). The molecule has 182 valence electrons. The van der Waals surface area contributed by atoms with Gasteiger partial charge in [0.05, 0.1) is 23.9 Å². The van der Waals surface area contributed by atoms with Gasteiger partial charge in [-0.3, -0.25) is 19.4 Å². The van der Waals surface area contributed by atoms with Crippen LogP contribution in [0.3, 0.4) is 0 Å². The smallest absolute Gasteiger partial charge is 0.325 e. The van der Waals surface area contributed by atoms with Crippen LogP contribution in [-0.4, -0.2) is 35.3 Å². The Morgan fingerprint density at radius 1 is 1.23 bits per heavy atom. The number of hydrogen-bond donors (Lipinski definition) is 1. The first kappa shape index (κ1) is 24.9. The summed E-state index contributed by atoms with van der Waals surface area (Å²) in [5.41, 5.74) is 1.50. The Bertz CT molecular complexity index is 1380. The summed E-state index contributed by atoms with van der Waals surface area (Å²) in [6.07, 6.45) is 1.21. The van der Waals surface area contributed by atoms with E-state index < -0.39 is 12.1 Å². The fourth-order valence-electron chi connectivity index (χ4n) is 4.01. The van der Waals surface area contributed by atoms with Crippen molar-refractivity contribution in [2.75, 3.05) is 18.3 Å². The maximum absolute atomic E-state index is 13.4. The second kappa shape index (κ2) is 10.2. The molecule has 0 fully saturated rings. The Kier molecular flexibility index (Phi) is 7.27. The van der Waals surface area contributed by atoms with Gasteiger partial charge in [0.15, 0.2) is 11.5 Å². The van der Waals surface area contributed by atoms with Crippen LogP contribution in [0.25, 0.3) is 11.3 Å². The van der Waals surface area contributed by atoms with Gasteiger partial charge in [-0.05, 0) is 35.2 Å². The van der Waals surface area contributed by atoms with Crippen molar-refractivity contribution < 1.29 is 23.7 Å². The van der Waals surface area contributed by atoms with E-state index in [2.05, 4.69) is 26.0 Å². The Morgan fingerprint density at radius 2 is 1.97 bits per heavy atom. The fourth-order valence-corrected chi connectivity index (χ4v) is 4.83. The predicted molar refractivity (Wildman–Crippen MR) is 135 cm³/mol. The molecular formula is C24H24BrN4O5S+. The standard InChI is InChI=1S/C24H23BrN4O5S/c1-5-18(30)28-16-10-8-7-9-14(16)20-22(32)26-24(35-4)27-29(20)23(28)15-11-13(25)12-17(33-3)21(15)34-19(31)6-2/h7-12,23H,5-6H2,1-4H3/p+1/t23-/m0/s1. The highest BCUT2D eigenvalue weighted by atomic mass is 79.9. The molecule has 0 unspecified atom stereocenters. The SMILES string of the molecule is CCC(=O)Oc1c(OC)cc(Br)cc1[C@H]1N(C(=O)CC)c2ccccc2-c2c(=O)[nH]c(SC)n[n+]21. The van der Waals surface area contributed by atoms with Crippen molar-refractivity contribution in [3.8, 4) is 22.8 Å². The van der Waals surface area contributed by atoms with Gasteiger partial charge in [0.2, 0.25) is 11.1 Å². The van der Waals surface area contributed by atoms with Gasteiger partial charge in [0, 0.05) is 22.4 Å². The van der Waals surface area contributed by atoms with Crippen LogP contribution in [0.1, 0.15) is 38.4 Å². The van der Waals surface area contributed by atoms with E-state index in [-0.39, 0.29) is 35.8 Å². The molecule has 2 aromatic carbocycles. The maximum atomic E-state index is 13.4. The number of benzene rings is 2. The van der Waals surface area contributed by atoms with Gasteiger partial charge in [-0.15, -0.1) is 0 Å². The van der Waals surface area contributed by atoms with E-state index in [0.717, 1.165) is 0 Å². The molecular weight excluding hydrogens is 536 g/mol. The second-order valence-corrected chi connectivity index (χ2v) is 9.33. The van der Waals surface area contributed by atoms with E-state index in [1.807, 2.05) is 0 Å². The first-order chi connectivity index (χ1) is 16.8. The number of carbonyl (C=O) groups is 2. The Hall–Kier alpha value is -3.18. The summed E-state index contributed by atoms with van der Waals surface area (Å²) in [5.74, 6) is -0.200. The average molecular weight is 560 g/mol. The number of halogens is 1. The van der Waals surface area contributed by atoms with Crippen molar-refractivity contribution >= 4 is 45.3 Å². The Balaban J connectivity index is 2.13. The third kappa shape index (κ3) is 4.45. The number of carbonyl (C=O) groups excluding carboxylic acids is 2. The van der Waals surface area contributed by atoms with Crippen molar-refractivity contribution in [2.24, 2.45) is 0 Å². The van der Waals surface area contributed by atoms with Crippen LogP contribution in [0.15, 0.2) is 50.8 Å². The van der Waals surface area contributed by atoms with Gasteiger partial charge in [0.1, 0.15) is 0 Å². The molecule has 1 amide bonds. The Morgan fingerprint density at radius 3 is 2.63 bits per heavy atom.